The van der Waals surface area contributed by atoms with Crippen LogP contribution >= 0.6 is 0 Å². The summed E-state index contributed by atoms with van der Waals surface area (Å²) in [6, 6.07) is 7.25. The van der Waals surface area contributed by atoms with E-state index in [-0.39, 0.29) is 0 Å². The van der Waals surface area contributed by atoms with Crippen LogP contribution in [0.25, 0.3) is 10.9 Å². The molecule has 2 aromatic rings. The summed E-state index contributed by atoms with van der Waals surface area (Å²) in [5.74, 6) is 0.778. The van der Waals surface area contributed by atoms with E-state index in [9.17, 15) is 4.79 Å². The maximum absolute atomic E-state index is 10.8. The van der Waals surface area contributed by atoms with E-state index in [0.717, 1.165) is 22.9 Å². The van der Waals surface area contributed by atoms with Crippen LogP contribution in [0.5, 0.6) is 5.75 Å². The van der Waals surface area contributed by atoms with Crippen LogP contribution in [0, 0.1) is 0 Å². The summed E-state index contributed by atoms with van der Waals surface area (Å²) in [5, 5.41) is 0.857. The van der Waals surface area contributed by atoms with Crippen LogP contribution in [0.15, 0.2) is 30.5 Å². The van der Waals surface area contributed by atoms with Crippen molar-refractivity contribution in [1.29, 1.82) is 0 Å². The predicted molar refractivity (Wildman–Crippen MR) is 58.3 cm³/mol. The molecule has 0 amide bonds. The van der Waals surface area contributed by atoms with Crippen molar-refractivity contribution in [2.75, 3.05) is 6.61 Å². The fraction of sp³-hybridized carbons (Fsp3) is 0.167. The Morgan fingerprint density at radius 2 is 2.27 bits per heavy atom. The smallest absolute Gasteiger partial charge is 0.150 e. The van der Waals surface area contributed by atoms with E-state index < -0.39 is 0 Å². The Balaban J connectivity index is 2.58. The molecule has 0 saturated heterocycles. The SMILES string of the molecule is CCOc1ccc2c(C=O)ccnc2c1. The minimum absolute atomic E-state index is 0.624. The molecule has 3 heteroatoms. The molecule has 0 aliphatic rings. The number of carbonyl (C=O) groups excluding carboxylic acids is 1. The van der Waals surface area contributed by atoms with Crippen LogP contribution in [-0.4, -0.2) is 17.9 Å². The summed E-state index contributed by atoms with van der Waals surface area (Å²) in [5.41, 5.74) is 1.44. The molecule has 0 spiro atoms. The Morgan fingerprint density at radius 1 is 1.40 bits per heavy atom. The lowest BCUT2D eigenvalue weighted by molar-refractivity contribution is 0.112. The van der Waals surface area contributed by atoms with Gasteiger partial charge in [-0.15, -0.1) is 0 Å². The molecule has 0 atom stereocenters. The summed E-state index contributed by atoms with van der Waals surface area (Å²) >= 11 is 0. The van der Waals surface area contributed by atoms with Gasteiger partial charge >= 0.3 is 0 Å². The minimum Gasteiger partial charge on any atom is -0.494 e. The second kappa shape index (κ2) is 4.09. The maximum atomic E-state index is 10.8. The highest BCUT2D eigenvalue weighted by Crippen LogP contribution is 2.21. The zero-order chi connectivity index (χ0) is 10.7. The molecule has 1 aromatic carbocycles. The number of aldehydes is 1. The lowest BCUT2D eigenvalue weighted by Gasteiger charge is -2.04. The number of hydrogen-bond donors (Lipinski definition) is 0. The zero-order valence-corrected chi connectivity index (χ0v) is 8.43. The molecule has 3 nitrogen and oxygen atoms in total. The highest BCUT2D eigenvalue weighted by molar-refractivity contribution is 5.96. The summed E-state index contributed by atoms with van der Waals surface area (Å²) in [6.45, 7) is 2.55. The van der Waals surface area contributed by atoms with E-state index in [0.29, 0.717) is 12.2 Å². The number of pyridine rings is 1. The van der Waals surface area contributed by atoms with Gasteiger partial charge in [-0.2, -0.15) is 0 Å². The van der Waals surface area contributed by atoms with Crippen molar-refractivity contribution >= 4 is 17.2 Å². The van der Waals surface area contributed by atoms with Gasteiger partial charge in [-0.25, -0.2) is 0 Å². The van der Waals surface area contributed by atoms with Crippen LogP contribution in [-0.2, 0) is 0 Å². The molecule has 0 aliphatic heterocycles. The van der Waals surface area contributed by atoms with Crippen molar-refractivity contribution in [2.45, 2.75) is 6.92 Å². The number of aromatic nitrogens is 1. The van der Waals surface area contributed by atoms with Crippen LogP contribution in [0.3, 0.4) is 0 Å². The van der Waals surface area contributed by atoms with Crippen LogP contribution in [0.1, 0.15) is 17.3 Å². The van der Waals surface area contributed by atoms with Crippen LogP contribution in [0.4, 0.5) is 0 Å². The molecule has 1 aromatic heterocycles. The summed E-state index contributed by atoms with van der Waals surface area (Å²) in [4.78, 5) is 15.0. The number of benzene rings is 1. The first kappa shape index (κ1) is 9.65. The molecule has 0 bridgehead atoms. The molecule has 0 radical (unpaired) electrons. The van der Waals surface area contributed by atoms with E-state index >= 15 is 0 Å². The van der Waals surface area contributed by atoms with Gasteiger partial charge in [0.1, 0.15) is 5.75 Å². The predicted octanol–water partition coefficient (Wildman–Crippen LogP) is 2.45. The zero-order valence-electron chi connectivity index (χ0n) is 8.43. The van der Waals surface area contributed by atoms with Crippen molar-refractivity contribution in [2.24, 2.45) is 0 Å². The number of nitrogens with zero attached hydrogens (tertiary/aromatic N) is 1. The molecular weight excluding hydrogens is 190 g/mol. The van der Waals surface area contributed by atoms with Gasteiger partial charge in [0.2, 0.25) is 0 Å². The molecule has 0 N–H and O–H groups in total. The minimum atomic E-state index is 0.624. The van der Waals surface area contributed by atoms with Crippen molar-refractivity contribution in [3.63, 3.8) is 0 Å². The number of fused-ring (bicyclic) bond motifs is 1. The monoisotopic (exact) mass is 201 g/mol. The quantitative estimate of drug-likeness (QED) is 0.716. The third kappa shape index (κ3) is 1.81. The molecule has 0 fully saturated rings. The molecule has 0 aliphatic carbocycles. The van der Waals surface area contributed by atoms with Gasteiger partial charge in [0.25, 0.3) is 0 Å². The van der Waals surface area contributed by atoms with Crippen molar-refractivity contribution in [3.8, 4) is 5.75 Å². The first-order valence-electron chi connectivity index (χ1n) is 4.82. The Hall–Kier alpha value is -1.90. The standard InChI is InChI=1S/C12H11NO2/c1-2-15-10-3-4-11-9(8-14)5-6-13-12(11)7-10/h3-8H,2H2,1H3. The first-order chi connectivity index (χ1) is 7.35. The van der Waals surface area contributed by atoms with E-state index in [4.69, 9.17) is 4.74 Å². The maximum Gasteiger partial charge on any atom is 0.150 e. The van der Waals surface area contributed by atoms with Crippen molar-refractivity contribution in [1.82, 2.24) is 4.98 Å². The lowest BCUT2D eigenvalue weighted by atomic mass is 10.1. The third-order valence-electron chi connectivity index (χ3n) is 2.19. The summed E-state index contributed by atoms with van der Waals surface area (Å²) in [7, 11) is 0. The van der Waals surface area contributed by atoms with Gasteiger partial charge in [-0.1, -0.05) is 0 Å². The topological polar surface area (TPSA) is 39.2 Å². The molecular formula is C12H11NO2. The van der Waals surface area contributed by atoms with Gasteiger partial charge in [-0.05, 0) is 25.1 Å². The Morgan fingerprint density at radius 3 is 3.00 bits per heavy atom. The van der Waals surface area contributed by atoms with Crippen LogP contribution in [0.2, 0.25) is 0 Å². The Labute approximate surface area is 87.7 Å². The molecule has 0 saturated carbocycles. The molecule has 15 heavy (non-hydrogen) atoms. The normalized spacial score (nSPS) is 10.2. The third-order valence-corrected chi connectivity index (χ3v) is 2.19. The molecule has 76 valence electrons. The van der Waals surface area contributed by atoms with E-state index in [1.54, 1.807) is 12.3 Å². The van der Waals surface area contributed by atoms with E-state index in [2.05, 4.69) is 4.98 Å². The molecule has 2 rings (SSSR count). The van der Waals surface area contributed by atoms with Crippen molar-refractivity contribution in [3.05, 3.63) is 36.0 Å². The van der Waals surface area contributed by atoms with Gasteiger partial charge in [0.15, 0.2) is 6.29 Å². The average Bonchev–Trinajstić information content (AvgIpc) is 2.28. The second-order valence-corrected chi connectivity index (χ2v) is 3.13. The number of rotatable bonds is 3. The highest BCUT2D eigenvalue weighted by atomic mass is 16.5. The van der Waals surface area contributed by atoms with Gasteiger partial charge in [0.05, 0.1) is 12.1 Å². The second-order valence-electron chi connectivity index (χ2n) is 3.13. The van der Waals surface area contributed by atoms with Gasteiger partial charge in [-0.3, -0.25) is 9.78 Å². The van der Waals surface area contributed by atoms with Crippen molar-refractivity contribution < 1.29 is 9.53 Å². The largest absolute Gasteiger partial charge is 0.494 e. The number of carbonyl (C=O) groups is 1. The van der Waals surface area contributed by atoms with Gasteiger partial charge < -0.3 is 4.74 Å². The summed E-state index contributed by atoms with van der Waals surface area (Å²) < 4.78 is 5.36. The number of hydrogen-bond acceptors (Lipinski definition) is 3. The first-order valence-corrected chi connectivity index (χ1v) is 4.82. The van der Waals surface area contributed by atoms with Gasteiger partial charge in [0, 0.05) is 23.2 Å². The fourth-order valence-corrected chi connectivity index (χ4v) is 1.51. The van der Waals surface area contributed by atoms with E-state index in [1.807, 2.05) is 25.1 Å². The fourth-order valence-electron chi connectivity index (χ4n) is 1.51. The number of ether oxygens (including phenoxy) is 1. The highest BCUT2D eigenvalue weighted by Gasteiger charge is 2.02. The molecule has 0 unspecified atom stereocenters. The van der Waals surface area contributed by atoms with Crippen LogP contribution < -0.4 is 4.74 Å². The Kier molecular flexibility index (Phi) is 2.63. The summed E-state index contributed by atoms with van der Waals surface area (Å²) in [6.07, 6.45) is 2.46. The Bertz CT molecular complexity index is 494. The average molecular weight is 201 g/mol. The molecule has 1 heterocycles. The van der Waals surface area contributed by atoms with E-state index in [1.165, 1.54) is 0 Å². The lowest BCUT2D eigenvalue weighted by Crippen LogP contribution is -1.92.